The highest BCUT2D eigenvalue weighted by molar-refractivity contribution is 9.10. The average Bonchev–Trinajstić information content (AvgIpc) is 2.30. The van der Waals surface area contributed by atoms with E-state index in [1.807, 2.05) is 20.8 Å². The van der Waals surface area contributed by atoms with Crippen LogP contribution < -0.4 is 5.32 Å². The molecule has 0 radical (unpaired) electrons. The smallest absolute Gasteiger partial charge is 0.407 e. The SMILES string of the molecule is CC(CCNC(=O)OC(C)(C)C)Cc1ccc(F)cc1Br. The van der Waals surface area contributed by atoms with Crippen molar-refractivity contribution in [3.05, 3.63) is 34.1 Å². The molecular formula is C16H23BrFNO2. The van der Waals surface area contributed by atoms with Gasteiger partial charge in [0.25, 0.3) is 0 Å². The molecule has 0 bridgehead atoms. The minimum absolute atomic E-state index is 0.245. The van der Waals surface area contributed by atoms with Gasteiger partial charge in [0, 0.05) is 11.0 Å². The number of alkyl carbamates (subject to hydrolysis) is 1. The van der Waals surface area contributed by atoms with Gasteiger partial charge in [0.2, 0.25) is 0 Å². The molecule has 0 aromatic heterocycles. The van der Waals surface area contributed by atoms with Crippen molar-refractivity contribution in [2.45, 2.75) is 46.1 Å². The minimum atomic E-state index is -0.478. The van der Waals surface area contributed by atoms with Crippen molar-refractivity contribution in [1.29, 1.82) is 0 Å². The van der Waals surface area contributed by atoms with Crippen LogP contribution in [0.4, 0.5) is 9.18 Å². The molecule has 1 aromatic carbocycles. The Hall–Kier alpha value is -1.10. The first kappa shape index (κ1) is 18.0. The molecule has 0 aliphatic heterocycles. The zero-order chi connectivity index (χ0) is 16.0. The number of halogens is 2. The number of amides is 1. The lowest BCUT2D eigenvalue weighted by molar-refractivity contribution is 0.0525. The number of ether oxygens (including phenoxy) is 1. The number of carbonyl (C=O) groups is 1. The zero-order valence-corrected chi connectivity index (χ0v) is 14.6. The summed E-state index contributed by atoms with van der Waals surface area (Å²) in [6.45, 7) is 8.17. The maximum atomic E-state index is 13.0. The molecule has 1 rings (SSSR count). The van der Waals surface area contributed by atoms with Gasteiger partial charge in [-0.3, -0.25) is 0 Å². The summed E-state index contributed by atoms with van der Waals surface area (Å²) in [5, 5.41) is 2.75. The second-order valence-electron chi connectivity index (χ2n) is 6.26. The van der Waals surface area contributed by atoms with Crippen LogP contribution in [0.1, 0.15) is 39.7 Å². The van der Waals surface area contributed by atoms with Gasteiger partial charge in [-0.15, -0.1) is 0 Å². The molecule has 0 aliphatic rings. The van der Waals surface area contributed by atoms with Crippen LogP contribution in [-0.2, 0) is 11.2 Å². The fourth-order valence-electron chi connectivity index (χ4n) is 1.90. The molecule has 1 aromatic rings. The standard InChI is InChI=1S/C16H23BrFNO2/c1-11(7-8-19-15(20)21-16(2,3)4)9-12-5-6-13(18)10-14(12)17/h5-6,10-11H,7-9H2,1-4H3,(H,19,20). The summed E-state index contributed by atoms with van der Waals surface area (Å²) >= 11 is 3.37. The molecule has 0 fully saturated rings. The fourth-order valence-corrected chi connectivity index (χ4v) is 2.41. The van der Waals surface area contributed by atoms with Crippen LogP contribution in [0.15, 0.2) is 22.7 Å². The molecule has 5 heteroatoms. The molecular weight excluding hydrogens is 337 g/mol. The summed E-state index contributed by atoms with van der Waals surface area (Å²) in [4.78, 5) is 11.5. The van der Waals surface area contributed by atoms with Crippen molar-refractivity contribution in [3.63, 3.8) is 0 Å². The van der Waals surface area contributed by atoms with Gasteiger partial charge in [-0.05, 0) is 57.2 Å². The van der Waals surface area contributed by atoms with Gasteiger partial charge >= 0.3 is 6.09 Å². The fraction of sp³-hybridized carbons (Fsp3) is 0.562. The molecule has 118 valence electrons. The van der Waals surface area contributed by atoms with E-state index >= 15 is 0 Å². The number of nitrogens with one attached hydrogen (secondary N) is 1. The van der Waals surface area contributed by atoms with E-state index in [-0.39, 0.29) is 5.82 Å². The highest BCUT2D eigenvalue weighted by atomic mass is 79.9. The minimum Gasteiger partial charge on any atom is -0.444 e. The predicted molar refractivity (Wildman–Crippen MR) is 85.8 cm³/mol. The zero-order valence-electron chi connectivity index (χ0n) is 13.0. The molecule has 0 saturated carbocycles. The largest absolute Gasteiger partial charge is 0.444 e. The Morgan fingerprint density at radius 2 is 2.10 bits per heavy atom. The first-order valence-electron chi connectivity index (χ1n) is 7.08. The molecule has 1 atom stereocenters. The molecule has 0 saturated heterocycles. The Kier molecular flexibility index (Phi) is 6.65. The summed E-state index contributed by atoms with van der Waals surface area (Å²) < 4.78 is 19.0. The predicted octanol–water partition coefficient (Wildman–Crippen LogP) is 4.68. The van der Waals surface area contributed by atoms with Gasteiger partial charge in [0.1, 0.15) is 11.4 Å². The Bertz CT molecular complexity index is 486. The average molecular weight is 360 g/mol. The maximum Gasteiger partial charge on any atom is 0.407 e. The van der Waals surface area contributed by atoms with Crippen LogP contribution in [-0.4, -0.2) is 18.2 Å². The van der Waals surface area contributed by atoms with E-state index in [1.54, 1.807) is 6.07 Å². The van der Waals surface area contributed by atoms with Crippen molar-refractivity contribution in [2.24, 2.45) is 5.92 Å². The van der Waals surface area contributed by atoms with E-state index in [4.69, 9.17) is 4.74 Å². The van der Waals surface area contributed by atoms with E-state index in [0.717, 1.165) is 22.9 Å². The number of hydrogen-bond donors (Lipinski definition) is 1. The molecule has 0 spiro atoms. The summed E-state index contributed by atoms with van der Waals surface area (Å²) in [5.74, 6) is 0.131. The van der Waals surface area contributed by atoms with Gasteiger partial charge in [-0.1, -0.05) is 28.9 Å². The number of carbonyl (C=O) groups excluding carboxylic acids is 1. The van der Waals surface area contributed by atoms with Crippen LogP contribution in [0.3, 0.4) is 0 Å². The van der Waals surface area contributed by atoms with Gasteiger partial charge < -0.3 is 10.1 Å². The van der Waals surface area contributed by atoms with Crippen molar-refractivity contribution in [1.82, 2.24) is 5.32 Å². The van der Waals surface area contributed by atoms with Crippen molar-refractivity contribution in [2.75, 3.05) is 6.54 Å². The highest BCUT2D eigenvalue weighted by Crippen LogP contribution is 2.22. The molecule has 1 N–H and O–H groups in total. The number of benzene rings is 1. The van der Waals surface area contributed by atoms with Gasteiger partial charge in [0.05, 0.1) is 0 Å². The topological polar surface area (TPSA) is 38.3 Å². The van der Waals surface area contributed by atoms with Gasteiger partial charge in [0.15, 0.2) is 0 Å². The van der Waals surface area contributed by atoms with Crippen LogP contribution in [0.5, 0.6) is 0 Å². The van der Waals surface area contributed by atoms with E-state index in [0.29, 0.717) is 12.5 Å². The van der Waals surface area contributed by atoms with Crippen LogP contribution >= 0.6 is 15.9 Å². The molecule has 1 unspecified atom stereocenters. The summed E-state index contributed by atoms with van der Waals surface area (Å²) in [7, 11) is 0. The van der Waals surface area contributed by atoms with Crippen molar-refractivity contribution >= 4 is 22.0 Å². The third kappa shape index (κ3) is 7.46. The third-order valence-corrected chi connectivity index (χ3v) is 3.63. The molecule has 0 heterocycles. The Labute approximate surface area is 134 Å². The Morgan fingerprint density at radius 3 is 2.67 bits per heavy atom. The molecule has 0 aliphatic carbocycles. The van der Waals surface area contributed by atoms with Crippen molar-refractivity contribution < 1.29 is 13.9 Å². The first-order valence-corrected chi connectivity index (χ1v) is 7.87. The van der Waals surface area contributed by atoms with E-state index in [1.165, 1.54) is 12.1 Å². The van der Waals surface area contributed by atoms with E-state index < -0.39 is 11.7 Å². The van der Waals surface area contributed by atoms with Crippen LogP contribution in [0.2, 0.25) is 0 Å². The molecule has 3 nitrogen and oxygen atoms in total. The molecule has 1 amide bonds. The Balaban J connectivity index is 2.34. The monoisotopic (exact) mass is 359 g/mol. The Morgan fingerprint density at radius 1 is 1.43 bits per heavy atom. The lowest BCUT2D eigenvalue weighted by Gasteiger charge is -2.20. The normalized spacial score (nSPS) is 12.9. The van der Waals surface area contributed by atoms with Gasteiger partial charge in [-0.2, -0.15) is 0 Å². The second-order valence-corrected chi connectivity index (χ2v) is 7.12. The third-order valence-electron chi connectivity index (χ3n) is 2.89. The lowest BCUT2D eigenvalue weighted by atomic mass is 9.98. The summed E-state index contributed by atoms with van der Waals surface area (Å²) in [5.41, 5.74) is 0.593. The quantitative estimate of drug-likeness (QED) is 0.828. The van der Waals surface area contributed by atoms with Crippen LogP contribution in [0.25, 0.3) is 0 Å². The maximum absolute atomic E-state index is 13.0. The number of hydrogen-bond acceptors (Lipinski definition) is 2. The van der Waals surface area contributed by atoms with Crippen molar-refractivity contribution in [3.8, 4) is 0 Å². The van der Waals surface area contributed by atoms with Crippen LogP contribution in [0, 0.1) is 11.7 Å². The number of rotatable bonds is 5. The lowest BCUT2D eigenvalue weighted by Crippen LogP contribution is -2.33. The van der Waals surface area contributed by atoms with Gasteiger partial charge in [-0.25, -0.2) is 9.18 Å². The summed E-state index contributed by atoms with van der Waals surface area (Å²) in [6, 6.07) is 4.73. The highest BCUT2D eigenvalue weighted by Gasteiger charge is 2.16. The summed E-state index contributed by atoms with van der Waals surface area (Å²) in [6.07, 6.45) is 1.28. The molecule has 21 heavy (non-hydrogen) atoms. The van der Waals surface area contributed by atoms with E-state index in [9.17, 15) is 9.18 Å². The first-order chi connectivity index (χ1) is 9.67. The van der Waals surface area contributed by atoms with E-state index in [2.05, 4.69) is 28.2 Å². The second kappa shape index (κ2) is 7.78.